The van der Waals surface area contributed by atoms with Crippen LogP contribution in [-0.2, 0) is 24.1 Å². The van der Waals surface area contributed by atoms with E-state index in [1.54, 1.807) is 14.2 Å². The number of benzene rings is 2. The third-order valence-corrected chi connectivity index (χ3v) is 8.40. The summed E-state index contributed by atoms with van der Waals surface area (Å²) in [7, 11) is 3.30. The summed E-state index contributed by atoms with van der Waals surface area (Å²) in [5.41, 5.74) is 3.73. The predicted molar refractivity (Wildman–Crippen MR) is 138 cm³/mol. The van der Waals surface area contributed by atoms with Crippen LogP contribution in [0.5, 0.6) is 11.5 Å². The highest BCUT2D eigenvalue weighted by molar-refractivity contribution is 7.17. The zero-order chi connectivity index (χ0) is 23.5. The number of fused-ring (bicyclic) bond motifs is 2. The molecule has 3 aromatic rings. The molecule has 2 aromatic carbocycles. The lowest BCUT2D eigenvalue weighted by molar-refractivity contribution is -0.131. The monoisotopic (exact) mass is 478 g/mol. The van der Waals surface area contributed by atoms with Gasteiger partial charge in [0.1, 0.15) is 0 Å². The van der Waals surface area contributed by atoms with Crippen LogP contribution in [0.3, 0.4) is 0 Å². The van der Waals surface area contributed by atoms with E-state index in [9.17, 15) is 4.79 Å². The molecule has 180 valence electrons. The maximum absolute atomic E-state index is 13.1. The second kappa shape index (κ2) is 10.4. The van der Waals surface area contributed by atoms with Crippen molar-refractivity contribution in [3.05, 3.63) is 58.5 Å². The molecule has 1 amide bonds. The molecule has 0 radical (unpaired) electrons. The Balaban J connectivity index is 1.19. The number of carbonyl (C=O) groups excluding carboxylic acids is 1. The van der Waals surface area contributed by atoms with Crippen molar-refractivity contribution in [2.75, 3.05) is 46.9 Å². The summed E-state index contributed by atoms with van der Waals surface area (Å²) in [6.07, 6.45) is 4.82. The van der Waals surface area contributed by atoms with Gasteiger partial charge in [0, 0.05) is 30.9 Å². The minimum Gasteiger partial charge on any atom is -0.493 e. The number of ether oxygens (including phenoxy) is 2. The summed E-state index contributed by atoms with van der Waals surface area (Å²) in [5.74, 6) is 2.21. The van der Waals surface area contributed by atoms with Crippen molar-refractivity contribution in [1.82, 2.24) is 9.80 Å². The molecule has 1 atom stereocenters. The number of piperidine rings is 1. The molecule has 2 aliphatic heterocycles. The Kier molecular flexibility index (Phi) is 7.07. The molecule has 0 aliphatic carbocycles. The number of carbonyl (C=O) groups is 1. The standard InChI is InChI=1S/C28H34N2O3S/c1-32-25-14-21-10-13-30(28(31)16-23(21)15-26(25)33-2)18-20-6-5-11-29(17-20)12-9-22-19-34-27-8-4-3-7-24(22)27/h3-4,7-8,14-15,19-20H,5-6,9-13,16-18H2,1-2H3. The first kappa shape index (κ1) is 23.2. The predicted octanol–water partition coefficient (Wildman–Crippen LogP) is 4.80. The average Bonchev–Trinajstić information content (AvgIpc) is 3.22. The molecule has 5 rings (SSSR count). The van der Waals surface area contributed by atoms with Crippen LogP contribution >= 0.6 is 11.3 Å². The fraction of sp³-hybridized carbons (Fsp3) is 0.464. The number of thiophene rings is 1. The van der Waals surface area contributed by atoms with Gasteiger partial charge in [-0.2, -0.15) is 0 Å². The van der Waals surface area contributed by atoms with Gasteiger partial charge < -0.3 is 19.3 Å². The molecule has 6 heteroatoms. The van der Waals surface area contributed by atoms with E-state index in [0.717, 1.165) is 56.9 Å². The first-order chi connectivity index (χ1) is 16.6. The van der Waals surface area contributed by atoms with Crippen molar-refractivity contribution in [1.29, 1.82) is 0 Å². The Morgan fingerprint density at radius 1 is 1.06 bits per heavy atom. The highest BCUT2D eigenvalue weighted by atomic mass is 32.1. The van der Waals surface area contributed by atoms with Crippen molar-refractivity contribution in [2.24, 2.45) is 5.92 Å². The number of likely N-dealkylation sites (tertiary alicyclic amines) is 1. The van der Waals surface area contributed by atoms with Gasteiger partial charge in [-0.05, 0) is 83.8 Å². The summed E-state index contributed by atoms with van der Waals surface area (Å²) in [6.45, 7) is 4.98. The van der Waals surface area contributed by atoms with Gasteiger partial charge in [-0.25, -0.2) is 0 Å². The Labute approximate surface area is 206 Å². The van der Waals surface area contributed by atoms with Crippen LogP contribution in [0.1, 0.15) is 29.5 Å². The van der Waals surface area contributed by atoms with Crippen molar-refractivity contribution in [3.8, 4) is 11.5 Å². The van der Waals surface area contributed by atoms with Crippen LogP contribution in [0, 0.1) is 5.92 Å². The second-order valence-electron chi connectivity index (χ2n) is 9.56. The summed E-state index contributed by atoms with van der Waals surface area (Å²) in [5, 5.41) is 3.73. The van der Waals surface area contributed by atoms with Gasteiger partial charge in [-0.3, -0.25) is 4.79 Å². The van der Waals surface area contributed by atoms with Crippen molar-refractivity contribution in [2.45, 2.75) is 32.1 Å². The van der Waals surface area contributed by atoms with E-state index >= 15 is 0 Å². The lowest BCUT2D eigenvalue weighted by atomic mass is 9.96. The highest BCUT2D eigenvalue weighted by Crippen LogP contribution is 2.33. The summed E-state index contributed by atoms with van der Waals surface area (Å²) < 4.78 is 12.3. The molecule has 0 bridgehead atoms. The summed E-state index contributed by atoms with van der Waals surface area (Å²) >= 11 is 1.85. The normalized spacial score (nSPS) is 19.2. The first-order valence-electron chi connectivity index (χ1n) is 12.3. The van der Waals surface area contributed by atoms with E-state index in [1.807, 2.05) is 23.5 Å². The molecule has 1 saturated heterocycles. The van der Waals surface area contributed by atoms with Crippen LogP contribution in [0.15, 0.2) is 41.8 Å². The summed E-state index contributed by atoms with van der Waals surface area (Å²) in [6, 6.07) is 12.7. The Hall–Kier alpha value is -2.57. The first-order valence-corrected chi connectivity index (χ1v) is 13.2. The van der Waals surface area contributed by atoms with Crippen molar-refractivity contribution < 1.29 is 14.3 Å². The van der Waals surface area contributed by atoms with Gasteiger partial charge in [-0.1, -0.05) is 18.2 Å². The van der Waals surface area contributed by atoms with Gasteiger partial charge in [0.05, 0.1) is 20.6 Å². The minimum absolute atomic E-state index is 0.229. The van der Waals surface area contributed by atoms with Crippen molar-refractivity contribution in [3.63, 3.8) is 0 Å². The molecule has 3 heterocycles. The van der Waals surface area contributed by atoms with Gasteiger partial charge in [0.15, 0.2) is 11.5 Å². The second-order valence-corrected chi connectivity index (χ2v) is 10.5. The van der Waals surface area contributed by atoms with Gasteiger partial charge in [-0.15, -0.1) is 11.3 Å². The SMILES string of the molecule is COc1cc2c(cc1OC)CC(=O)N(CC1CCCN(CCc3csc4ccccc34)C1)CC2. The van der Waals surface area contributed by atoms with Gasteiger partial charge >= 0.3 is 0 Å². The van der Waals surface area contributed by atoms with Crippen LogP contribution in [0.25, 0.3) is 10.1 Å². The van der Waals surface area contributed by atoms with E-state index in [1.165, 1.54) is 34.1 Å². The fourth-order valence-electron chi connectivity index (χ4n) is 5.53. The number of rotatable bonds is 7. The number of nitrogens with zero attached hydrogens (tertiary/aromatic N) is 2. The molecule has 2 aliphatic rings. The third kappa shape index (κ3) is 4.93. The topological polar surface area (TPSA) is 42.0 Å². The average molecular weight is 479 g/mol. The maximum atomic E-state index is 13.1. The van der Waals surface area contributed by atoms with E-state index in [2.05, 4.69) is 39.4 Å². The molecule has 34 heavy (non-hydrogen) atoms. The zero-order valence-corrected chi connectivity index (χ0v) is 21.0. The lowest BCUT2D eigenvalue weighted by Gasteiger charge is -2.35. The van der Waals surface area contributed by atoms with E-state index < -0.39 is 0 Å². The highest BCUT2D eigenvalue weighted by Gasteiger charge is 2.27. The largest absolute Gasteiger partial charge is 0.493 e. The van der Waals surface area contributed by atoms with E-state index in [0.29, 0.717) is 18.1 Å². The van der Waals surface area contributed by atoms with Crippen LogP contribution in [-0.4, -0.2) is 62.7 Å². The number of methoxy groups -OCH3 is 2. The molecule has 0 spiro atoms. The fourth-order valence-corrected chi connectivity index (χ4v) is 6.53. The lowest BCUT2D eigenvalue weighted by Crippen LogP contribution is -2.43. The number of hydrogen-bond donors (Lipinski definition) is 0. The third-order valence-electron chi connectivity index (χ3n) is 7.39. The Morgan fingerprint density at radius 2 is 1.85 bits per heavy atom. The zero-order valence-electron chi connectivity index (χ0n) is 20.2. The van der Waals surface area contributed by atoms with Gasteiger partial charge in [0.2, 0.25) is 5.91 Å². The van der Waals surface area contributed by atoms with Crippen LogP contribution in [0.4, 0.5) is 0 Å². The van der Waals surface area contributed by atoms with E-state index in [4.69, 9.17) is 9.47 Å². The number of hydrogen-bond acceptors (Lipinski definition) is 5. The molecule has 1 fully saturated rings. The Bertz CT molecular complexity index is 1160. The molecule has 1 unspecified atom stereocenters. The number of amides is 1. The van der Waals surface area contributed by atoms with E-state index in [-0.39, 0.29) is 5.91 Å². The van der Waals surface area contributed by atoms with Gasteiger partial charge in [0.25, 0.3) is 0 Å². The van der Waals surface area contributed by atoms with Crippen molar-refractivity contribution >= 4 is 27.3 Å². The van der Waals surface area contributed by atoms with Crippen LogP contribution in [0.2, 0.25) is 0 Å². The Morgan fingerprint density at radius 3 is 2.68 bits per heavy atom. The quantitative estimate of drug-likeness (QED) is 0.489. The van der Waals surface area contributed by atoms with Crippen LogP contribution < -0.4 is 9.47 Å². The minimum atomic E-state index is 0.229. The molecule has 1 aromatic heterocycles. The maximum Gasteiger partial charge on any atom is 0.227 e. The molecule has 0 N–H and O–H groups in total. The summed E-state index contributed by atoms with van der Waals surface area (Å²) in [4.78, 5) is 17.8. The molecular weight excluding hydrogens is 444 g/mol. The smallest absolute Gasteiger partial charge is 0.227 e. The molecular formula is C28H34N2O3S. The molecule has 5 nitrogen and oxygen atoms in total. The molecule has 0 saturated carbocycles.